The summed E-state index contributed by atoms with van der Waals surface area (Å²) in [6.07, 6.45) is -1.14. The molecule has 1 unspecified atom stereocenters. The number of aryl methyl sites for hydroxylation is 1. The fraction of sp³-hybridized carbons (Fsp3) is 0.519. The number of carbonyl (C=O) groups excluding carboxylic acids is 1. The molecule has 0 aliphatic carbocycles. The summed E-state index contributed by atoms with van der Waals surface area (Å²) >= 11 is 0. The first kappa shape index (κ1) is 32.6. The predicted molar refractivity (Wildman–Crippen MR) is 156 cm³/mol. The normalized spacial score (nSPS) is 18.7. The first-order valence-electron chi connectivity index (χ1n) is 14.0. The zero-order valence-electron chi connectivity index (χ0n) is 23.7. The maximum atomic E-state index is 14.0. The van der Waals surface area contributed by atoms with E-state index in [1.54, 1.807) is 36.4 Å². The SMILES string of the molecule is CC(C)CN(C[C@@H](OP(=O)(O)O)C(Cc1ccccc1)NC(=O)O[C@H]1CCOC1)S(=O)(=O)c1ccc2c(c1)CCB2O. The second kappa shape index (κ2) is 14.0. The zero-order chi connectivity index (χ0) is 30.5. The molecule has 4 rings (SSSR count). The Labute approximate surface area is 246 Å². The molecule has 15 heteroatoms. The van der Waals surface area contributed by atoms with E-state index in [4.69, 9.17) is 14.0 Å². The standard InChI is InChI=1S/C27H38BN2O10PS/c1-19(2)16-30(42(36,37)23-8-9-24-21(15-23)10-12-28(24)32)17-26(40-41(33,34)35)25(14-20-6-4-3-5-7-20)29-27(31)39-22-11-13-38-18-22/h3-9,15,19,22,25-26,32H,10-14,16-18H2,1-2H3,(H,29,31)(H2,33,34,35)/t22-,25?,26+/m0/s1. The Morgan fingerprint density at radius 2 is 1.93 bits per heavy atom. The van der Waals surface area contributed by atoms with Crippen LogP contribution in [0, 0.1) is 5.92 Å². The molecule has 2 heterocycles. The molecule has 0 bridgehead atoms. The lowest BCUT2D eigenvalue weighted by Gasteiger charge is -2.33. The van der Waals surface area contributed by atoms with Gasteiger partial charge in [0.15, 0.2) is 0 Å². The molecule has 0 aromatic heterocycles. The van der Waals surface area contributed by atoms with Crippen LogP contribution in [-0.2, 0) is 41.4 Å². The average molecular weight is 624 g/mol. The summed E-state index contributed by atoms with van der Waals surface area (Å²) in [5.74, 6) is -0.153. The molecule has 1 saturated heterocycles. The van der Waals surface area contributed by atoms with E-state index in [0.29, 0.717) is 31.2 Å². The second-order valence-electron chi connectivity index (χ2n) is 11.1. The van der Waals surface area contributed by atoms with Gasteiger partial charge in [-0.2, -0.15) is 4.31 Å². The average Bonchev–Trinajstić information content (AvgIpc) is 3.56. The van der Waals surface area contributed by atoms with Crippen molar-refractivity contribution in [3.63, 3.8) is 0 Å². The number of hydrogen-bond donors (Lipinski definition) is 4. The van der Waals surface area contributed by atoms with Gasteiger partial charge in [-0.05, 0) is 48.2 Å². The van der Waals surface area contributed by atoms with Crippen LogP contribution in [0.15, 0.2) is 53.4 Å². The Balaban J connectivity index is 1.67. The molecule has 2 aliphatic rings. The molecule has 1 amide bonds. The third-order valence-electron chi connectivity index (χ3n) is 7.24. The minimum atomic E-state index is -5.15. The Kier molecular flexibility index (Phi) is 10.9. The van der Waals surface area contributed by atoms with Crippen molar-refractivity contribution in [3.8, 4) is 0 Å². The number of nitrogens with one attached hydrogen (secondary N) is 1. The van der Waals surface area contributed by atoms with Gasteiger partial charge in [-0.25, -0.2) is 17.8 Å². The van der Waals surface area contributed by atoms with E-state index in [2.05, 4.69) is 5.32 Å². The fourth-order valence-electron chi connectivity index (χ4n) is 5.26. The minimum Gasteiger partial charge on any atom is -0.446 e. The summed E-state index contributed by atoms with van der Waals surface area (Å²) < 4.78 is 57.1. The third-order valence-corrected chi connectivity index (χ3v) is 9.61. The lowest BCUT2D eigenvalue weighted by molar-refractivity contribution is 0.0601. The van der Waals surface area contributed by atoms with Gasteiger partial charge < -0.3 is 29.6 Å². The van der Waals surface area contributed by atoms with Crippen molar-refractivity contribution in [3.05, 3.63) is 59.7 Å². The number of fused-ring (bicyclic) bond motifs is 1. The molecule has 3 atom stereocenters. The molecule has 12 nitrogen and oxygen atoms in total. The minimum absolute atomic E-state index is 0.000795. The predicted octanol–water partition coefficient (Wildman–Crippen LogP) is 1.68. The first-order chi connectivity index (χ1) is 19.8. The van der Waals surface area contributed by atoms with Gasteiger partial charge in [0.2, 0.25) is 10.0 Å². The number of benzene rings is 2. The first-order valence-corrected chi connectivity index (χ1v) is 16.9. The van der Waals surface area contributed by atoms with Gasteiger partial charge in [0, 0.05) is 19.5 Å². The summed E-state index contributed by atoms with van der Waals surface area (Å²) in [6.45, 7) is 3.23. The molecule has 4 N–H and O–H groups in total. The van der Waals surface area contributed by atoms with Crippen LogP contribution in [0.4, 0.5) is 4.79 Å². The number of phosphoric acid groups is 1. The molecule has 1 fully saturated rings. The highest BCUT2D eigenvalue weighted by molar-refractivity contribution is 7.89. The van der Waals surface area contributed by atoms with Gasteiger partial charge in [0.25, 0.3) is 0 Å². The van der Waals surface area contributed by atoms with E-state index in [-0.39, 0.29) is 30.4 Å². The maximum absolute atomic E-state index is 14.0. The molecular formula is C27H38BN2O10PS. The van der Waals surface area contributed by atoms with Crippen molar-refractivity contribution in [1.82, 2.24) is 9.62 Å². The van der Waals surface area contributed by atoms with Crippen molar-refractivity contribution in [2.75, 3.05) is 26.3 Å². The van der Waals surface area contributed by atoms with Gasteiger partial charge in [0.1, 0.15) is 12.2 Å². The zero-order valence-corrected chi connectivity index (χ0v) is 25.4. The van der Waals surface area contributed by atoms with E-state index in [1.807, 2.05) is 13.8 Å². The number of ether oxygens (including phenoxy) is 2. The van der Waals surface area contributed by atoms with E-state index >= 15 is 0 Å². The number of alkyl carbamates (subject to hydrolysis) is 1. The Morgan fingerprint density at radius 3 is 2.57 bits per heavy atom. The van der Waals surface area contributed by atoms with Gasteiger partial charge in [-0.1, -0.05) is 55.8 Å². The molecule has 2 aromatic carbocycles. The van der Waals surface area contributed by atoms with Crippen LogP contribution in [0.2, 0.25) is 6.32 Å². The van der Waals surface area contributed by atoms with Crippen molar-refractivity contribution in [1.29, 1.82) is 0 Å². The van der Waals surface area contributed by atoms with E-state index in [0.717, 1.165) is 15.4 Å². The molecule has 42 heavy (non-hydrogen) atoms. The molecule has 0 radical (unpaired) electrons. The molecule has 0 saturated carbocycles. The van der Waals surface area contributed by atoms with Crippen LogP contribution in [0.25, 0.3) is 0 Å². The molecule has 2 aliphatic heterocycles. The van der Waals surface area contributed by atoms with Crippen LogP contribution in [0.1, 0.15) is 31.4 Å². The third kappa shape index (κ3) is 8.87. The topological polar surface area (TPSA) is 172 Å². The Bertz CT molecular complexity index is 1370. The van der Waals surface area contributed by atoms with E-state index in [1.165, 1.54) is 12.1 Å². The van der Waals surface area contributed by atoms with Crippen molar-refractivity contribution < 1.29 is 46.6 Å². The van der Waals surface area contributed by atoms with E-state index in [9.17, 15) is 32.6 Å². The van der Waals surface area contributed by atoms with Crippen LogP contribution >= 0.6 is 7.82 Å². The van der Waals surface area contributed by atoms with Crippen LogP contribution in [0.3, 0.4) is 0 Å². The summed E-state index contributed by atoms with van der Waals surface area (Å²) in [7, 11) is -9.33. The van der Waals surface area contributed by atoms with Gasteiger partial charge in [-0.3, -0.25) is 4.52 Å². The number of phosphoric ester groups is 1. The van der Waals surface area contributed by atoms with Crippen molar-refractivity contribution >= 4 is 36.3 Å². The Hall–Kier alpha value is -2.29. The molecule has 0 spiro atoms. The van der Waals surface area contributed by atoms with Crippen LogP contribution in [-0.4, -0.2) is 85.1 Å². The lowest BCUT2D eigenvalue weighted by Crippen LogP contribution is -2.52. The summed E-state index contributed by atoms with van der Waals surface area (Å²) in [5, 5.41) is 12.8. The summed E-state index contributed by atoms with van der Waals surface area (Å²) in [4.78, 5) is 32.6. The smallest absolute Gasteiger partial charge is 0.446 e. The fourth-order valence-corrected chi connectivity index (χ4v) is 7.49. The second-order valence-corrected chi connectivity index (χ2v) is 14.2. The van der Waals surface area contributed by atoms with Crippen molar-refractivity contribution in [2.24, 2.45) is 5.92 Å². The number of nitrogens with zero attached hydrogens (tertiary/aromatic N) is 1. The van der Waals surface area contributed by atoms with Crippen LogP contribution in [0.5, 0.6) is 0 Å². The van der Waals surface area contributed by atoms with Gasteiger partial charge >= 0.3 is 20.8 Å². The van der Waals surface area contributed by atoms with E-state index < -0.39 is 55.6 Å². The summed E-state index contributed by atoms with van der Waals surface area (Å²) in [5.41, 5.74) is 2.14. The maximum Gasteiger partial charge on any atom is 0.469 e. The lowest BCUT2D eigenvalue weighted by atomic mass is 9.63. The number of sulfonamides is 1. The number of rotatable bonds is 13. The largest absolute Gasteiger partial charge is 0.469 e. The quantitative estimate of drug-likeness (QED) is 0.190. The molecule has 230 valence electrons. The number of amides is 1. The highest BCUT2D eigenvalue weighted by Gasteiger charge is 2.38. The van der Waals surface area contributed by atoms with Crippen LogP contribution < -0.4 is 10.8 Å². The number of hydrogen-bond acceptors (Lipinski definition) is 8. The molecule has 2 aromatic rings. The van der Waals surface area contributed by atoms with Gasteiger partial charge in [-0.15, -0.1) is 0 Å². The molecular weight excluding hydrogens is 586 g/mol. The number of carbonyl (C=O) groups is 1. The summed E-state index contributed by atoms with van der Waals surface area (Å²) in [6, 6.07) is 12.4. The van der Waals surface area contributed by atoms with Crippen molar-refractivity contribution in [2.45, 2.75) is 62.6 Å². The highest BCUT2D eigenvalue weighted by Crippen LogP contribution is 2.39. The monoisotopic (exact) mass is 624 g/mol. The highest BCUT2D eigenvalue weighted by atomic mass is 32.2. The van der Waals surface area contributed by atoms with Gasteiger partial charge in [0.05, 0.1) is 24.2 Å². The Morgan fingerprint density at radius 1 is 1.19 bits per heavy atom.